The van der Waals surface area contributed by atoms with Gasteiger partial charge in [-0.3, -0.25) is 4.79 Å². The van der Waals surface area contributed by atoms with Gasteiger partial charge in [0, 0.05) is 42.9 Å². The van der Waals surface area contributed by atoms with E-state index in [-0.39, 0.29) is 5.91 Å². The number of amides is 1. The summed E-state index contributed by atoms with van der Waals surface area (Å²) in [6.07, 6.45) is 0. The van der Waals surface area contributed by atoms with Gasteiger partial charge in [-0.15, -0.1) is 11.3 Å². The molecule has 2 heterocycles. The standard InChI is InChI=1S/C24H28N4O2S/c1-3-27-12-14-28(15-13-27)21-10-8-19(9-11-21)26-24(29)22-6-4-5-7-23(22)30-16-20-17-31-18(2)25-20/h4-11,17H,3,12-16H2,1-2H3,(H,26,29). The SMILES string of the molecule is CCN1CCN(c2ccc(NC(=O)c3ccccc3OCc3csc(C)n3)cc2)CC1. The molecule has 0 unspecified atom stereocenters. The van der Waals surface area contributed by atoms with Crippen molar-refractivity contribution >= 4 is 28.6 Å². The van der Waals surface area contributed by atoms with Crippen LogP contribution in [0.15, 0.2) is 53.9 Å². The highest BCUT2D eigenvalue weighted by molar-refractivity contribution is 7.09. The molecule has 0 aliphatic carbocycles. The van der Waals surface area contributed by atoms with E-state index in [1.54, 1.807) is 17.4 Å². The maximum absolute atomic E-state index is 12.9. The van der Waals surface area contributed by atoms with Gasteiger partial charge in [-0.2, -0.15) is 0 Å². The molecule has 31 heavy (non-hydrogen) atoms. The van der Waals surface area contributed by atoms with Crippen molar-refractivity contribution in [2.75, 3.05) is 42.9 Å². The van der Waals surface area contributed by atoms with Crippen molar-refractivity contribution in [3.63, 3.8) is 0 Å². The van der Waals surface area contributed by atoms with E-state index in [9.17, 15) is 4.79 Å². The van der Waals surface area contributed by atoms with Crippen LogP contribution in [0.4, 0.5) is 11.4 Å². The Morgan fingerprint density at radius 3 is 2.52 bits per heavy atom. The quantitative estimate of drug-likeness (QED) is 0.594. The Morgan fingerprint density at radius 1 is 1.10 bits per heavy atom. The van der Waals surface area contributed by atoms with Crippen molar-refractivity contribution in [2.24, 2.45) is 0 Å². The Morgan fingerprint density at radius 2 is 1.84 bits per heavy atom. The number of para-hydroxylation sites is 1. The van der Waals surface area contributed by atoms with Gasteiger partial charge in [0.25, 0.3) is 5.91 Å². The van der Waals surface area contributed by atoms with Crippen molar-refractivity contribution in [3.8, 4) is 5.75 Å². The number of piperazine rings is 1. The molecule has 7 heteroatoms. The van der Waals surface area contributed by atoms with E-state index in [4.69, 9.17) is 4.74 Å². The fourth-order valence-corrected chi connectivity index (χ4v) is 4.28. The molecule has 1 N–H and O–H groups in total. The number of rotatable bonds is 7. The molecule has 2 aromatic carbocycles. The molecule has 6 nitrogen and oxygen atoms in total. The third-order valence-electron chi connectivity index (χ3n) is 5.48. The first kappa shape index (κ1) is 21.3. The first-order valence-corrected chi connectivity index (χ1v) is 11.5. The van der Waals surface area contributed by atoms with Gasteiger partial charge >= 0.3 is 0 Å². The van der Waals surface area contributed by atoms with E-state index in [0.29, 0.717) is 17.9 Å². The molecule has 162 valence electrons. The number of benzene rings is 2. The largest absolute Gasteiger partial charge is 0.486 e. The van der Waals surface area contributed by atoms with Crippen molar-refractivity contribution in [1.29, 1.82) is 0 Å². The van der Waals surface area contributed by atoms with Crippen LogP contribution in [0.1, 0.15) is 28.0 Å². The molecule has 1 saturated heterocycles. The maximum atomic E-state index is 12.9. The molecule has 0 radical (unpaired) electrons. The Kier molecular flexibility index (Phi) is 6.84. The minimum absolute atomic E-state index is 0.186. The Balaban J connectivity index is 1.38. The third kappa shape index (κ3) is 5.42. The zero-order valence-corrected chi connectivity index (χ0v) is 18.8. The lowest BCUT2D eigenvalue weighted by molar-refractivity contribution is 0.102. The summed E-state index contributed by atoms with van der Waals surface area (Å²) in [5.41, 5.74) is 3.34. The molecule has 1 aliphatic rings. The van der Waals surface area contributed by atoms with E-state index < -0.39 is 0 Å². The summed E-state index contributed by atoms with van der Waals surface area (Å²) in [6, 6.07) is 15.4. The number of thiazole rings is 1. The van der Waals surface area contributed by atoms with Crippen molar-refractivity contribution in [1.82, 2.24) is 9.88 Å². The normalized spacial score (nSPS) is 14.5. The highest BCUT2D eigenvalue weighted by Crippen LogP contribution is 2.23. The Hall–Kier alpha value is -2.90. The van der Waals surface area contributed by atoms with Crippen LogP contribution in [0.3, 0.4) is 0 Å². The number of hydrogen-bond donors (Lipinski definition) is 1. The zero-order valence-electron chi connectivity index (χ0n) is 18.0. The number of aryl methyl sites for hydroxylation is 1. The predicted molar refractivity (Wildman–Crippen MR) is 126 cm³/mol. The summed E-state index contributed by atoms with van der Waals surface area (Å²) in [5, 5.41) is 5.96. The van der Waals surface area contributed by atoms with E-state index >= 15 is 0 Å². The van der Waals surface area contributed by atoms with Gasteiger partial charge in [0.15, 0.2) is 0 Å². The second-order valence-corrected chi connectivity index (χ2v) is 8.63. The second kappa shape index (κ2) is 9.94. The molecular weight excluding hydrogens is 408 g/mol. The van der Waals surface area contributed by atoms with E-state index in [1.165, 1.54) is 5.69 Å². The average molecular weight is 437 g/mol. The second-order valence-electron chi connectivity index (χ2n) is 7.57. The highest BCUT2D eigenvalue weighted by atomic mass is 32.1. The van der Waals surface area contributed by atoms with E-state index in [1.807, 2.05) is 42.6 Å². The summed E-state index contributed by atoms with van der Waals surface area (Å²) >= 11 is 1.59. The smallest absolute Gasteiger partial charge is 0.259 e. The molecule has 0 bridgehead atoms. The fourth-order valence-electron chi connectivity index (χ4n) is 3.68. The van der Waals surface area contributed by atoms with Crippen molar-refractivity contribution in [3.05, 3.63) is 70.2 Å². The number of carbonyl (C=O) groups is 1. The van der Waals surface area contributed by atoms with Crippen molar-refractivity contribution in [2.45, 2.75) is 20.5 Å². The highest BCUT2D eigenvalue weighted by Gasteiger charge is 2.16. The monoisotopic (exact) mass is 436 g/mol. The van der Waals surface area contributed by atoms with Gasteiger partial charge in [0.2, 0.25) is 0 Å². The number of ether oxygens (including phenoxy) is 1. The van der Waals surface area contributed by atoms with Crippen LogP contribution in [-0.2, 0) is 6.61 Å². The molecule has 0 saturated carbocycles. The molecule has 0 spiro atoms. The number of nitrogens with one attached hydrogen (secondary N) is 1. The Labute approximate surface area is 187 Å². The van der Waals surface area contributed by atoms with Crippen molar-refractivity contribution < 1.29 is 9.53 Å². The van der Waals surface area contributed by atoms with Gasteiger partial charge in [0.1, 0.15) is 12.4 Å². The van der Waals surface area contributed by atoms with Crippen LogP contribution >= 0.6 is 11.3 Å². The van der Waals surface area contributed by atoms with Gasteiger partial charge in [0.05, 0.1) is 16.3 Å². The molecule has 1 aromatic heterocycles. The van der Waals surface area contributed by atoms with Crippen LogP contribution in [0, 0.1) is 6.92 Å². The number of carbonyl (C=O) groups excluding carboxylic acids is 1. The Bertz CT molecular complexity index is 1010. The van der Waals surface area contributed by atoms with Gasteiger partial charge in [-0.25, -0.2) is 4.98 Å². The summed E-state index contributed by atoms with van der Waals surface area (Å²) in [5.74, 6) is 0.366. The maximum Gasteiger partial charge on any atom is 0.259 e. The number of anilines is 2. The lowest BCUT2D eigenvalue weighted by Crippen LogP contribution is -2.46. The van der Waals surface area contributed by atoms with Crippen LogP contribution in [0.25, 0.3) is 0 Å². The minimum Gasteiger partial charge on any atom is -0.486 e. The first-order chi connectivity index (χ1) is 15.1. The molecule has 3 aromatic rings. The van der Waals surface area contributed by atoms with Gasteiger partial charge in [-0.1, -0.05) is 19.1 Å². The first-order valence-electron chi connectivity index (χ1n) is 10.6. The lowest BCUT2D eigenvalue weighted by Gasteiger charge is -2.35. The number of aromatic nitrogens is 1. The number of likely N-dealkylation sites (N-methyl/N-ethyl adjacent to an activating group) is 1. The van der Waals surface area contributed by atoms with E-state index in [0.717, 1.165) is 49.1 Å². The molecule has 0 atom stereocenters. The zero-order chi connectivity index (χ0) is 21.6. The predicted octanol–water partition coefficient (Wildman–Crippen LogP) is 4.42. The lowest BCUT2D eigenvalue weighted by atomic mass is 10.1. The average Bonchev–Trinajstić information content (AvgIpc) is 3.23. The number of hydrogen-bond acceptors (Lipinski definition) is 6. The fraction of sp³-hybridized carbons (Fsp3) is 0.333. The molecule has 1 aliphatic heterocycles. The number of nitrogens with zero attached hydrogens (tertiary/aromatic N) is 3. The van der Waals surface area contributed by atoms with Crippen LogP contribution < -0.4 is 15.0 Å². The summed E-state index contributed by atoms with van der Waals surface area (Å²) in [6.45, 7) is 9.86. The summed E-state index contributed by atoms with van der Waals surface area (Å²) in [4.78, 5) is 22.1. The minimum atomic E-state index is -0.186. The summed E-state index contributed by atoms with van der Waals surface area (Å²) in [7, 11) is 0. The third-order valence-corrected chi connectivity index (χ3v) is 6.31. The molecule has 1 amide bonds. The van der Waals surface area contributed by atoms with Crippen LogP contribution in [0.2, 0.25) is 0 Å². The van der Waals surface area contributed by atoms with E-state index in [2.05, 4.69) is 39.2 Å². The van der Waals surface area contributed by atoms with Gasteiger partial charge in [-0.05, 0) is 49.9 Å². The van der Waals surface area contributed by atoms with Gasteiger partial charge < -0.3 is 19.9 Å². The van der Waals surface area contributed by atoms with Crippen LogP contribution in [0.5, 0.6) is 5.75 Å². The molecule has 1 fully saturated rings. The molecule has 4 rings (SSSR count). The molecular formula is C24H28N4O2S. The van der Waals surface area contributed by atoms with Crippen LogP contribution in [-0.4, -0.2) is 48.5 Å². The summed E-state index contributed by atoms with van der Waals surface area (Å²) < 4.78 is 5.88. The topological polar surface area (TPSA) is 57.7 Å².